The molecule has 2 heterocycles. The maximum atomic E-state index is 12.9. The van der Waals surface area contributed by atoms with E-state index in [0.717, 1.165) is 6.42 Å². The van der Waals surface area contributed by atoms with E-state index in [1.165, 1.54) is 11.0 Å². The smallest absolute Gasteiger partial charge is 0.259 e. The number of morpholine rings is 1. The van der Waals surface area contributed by atoms with E-state index >= 15 is 0 Å². The van der Waals surface area contributed by atoms with Crippen molar-refractivity contribution in [2.75, 3.05) is 39.4 Å². The Kier molecular flexibility index (Phi) is 6.17. The Bertz CT molecular complexity index is 696. The third-order valence-corrected chi connectivity index (χ3v) is 5.82. The fourth-order valence-corrected chi connectivity index (χ4v) is 4.03. The number of benzene rings is 1. The summed E-state index contributed by atoms with van der Waals surface area (Å²) in [6.07, 6.45) is 1.41. The van der Waals surface area contributed by atoms with Crippen LogP contribution in [0.1, 0.15) is 23.2 Å². The van der Waals surface area contributed by atoms with E-state index in [2.05, 4.69) is 0 Å². The van der Waals surface area contributed by atoms with Crippen molar-refractivity contribution in [1.29, 1.82) is 0 Å². The lowest BCUT2D eigenvalue weighted by molar-refractivity contribution is -0.141. The molecule has 1 aromatic carbocycles. The first-order valence-corrected chi connectivity index (χ1v) is 9.55. The van der Waals surface area contributed by atoms with E-state index in [9.17, 15) is 14.7 Å². The minimum absolute atomic E-state index is 0.0326. The van der Waals surface area contributed by atoms with E-state index in [1.54, 1.807) is 4.90 Å². The van der Waals surface area contributed by atoms with Crippen molar-refractivity contribution in [2.24, 2.45) is 5.92 Å². The molecule has 6 nitrogen and oxygen atoms in total. The van der Waals surface area contributed by atoms with Gasteiger partial charge in [-0.05, 0) is 18.9 Å². The molecule has 2 aliphatic heterocycles. The SMILES string of the molecule is O=C(c1c(O)c(Cl)cc(Cl)c1Cl)N1CCCC(C(=O)N2CCOCC2)C1. The molecule has 0 aliphatic carbocycles. The van der Waals surface area contributed by atoms with Gasteiger partial charge in [-0.3, -0.25) is 9.59 Å². The highest BCUT2D eigenvalue weighted by Gasteiger charge is 2.34. The molecule has 1 aromatic rings. The van der Waals surface area contributed by atoms with Gasteiger partial charge in [0, 0.05) is 26.2 Å². The molecule has 0 aromatic heterocycles. The Morgan fingerprint density at radius 3 is 2.46 bits per heavy atom. The summed E-state index contributed by atoms with van der Waals surface area (Å²) in [6, 6.07) is 1.29. The summed E-state index contributed by atoms with van der Waals surface area (Å²) in [7, 11) is 0. The number of phenolic OH excluding ortho intramolecular Hbond substituents is 1. The molecule has 26 heavy (non-hydrogen) atoms. The highest BCUT2D eigenvalue weighted by molar-refractivity contribution is 6.45. The Balaban J connectivity index is 1.77. The number of aromatic hydroxyl groups is 1. The number of nitrogens with zero attached hydrogens (tertiary/aromatic N) is 2. The Morgan fingerprint density at radius 2 is 1.77 bits per heavy atom. The molecule has 1 atom stereocenters. The minimum atomic E-state index is -0.476. The van der Waals surface area contributed by atoms with Gasteiger partial charge in [0.05, 0.1) is 34.2 Å². The molecule has 0 radical (unpaired) electrons. The summed E-state index contributed by atoms with van der Waals surface area (Å²) >= 11 is 18.0. The second-order valence-electron chi connectivity index (χ2n) is 6.41. The fraction of sp³-hybridized carbons (Fsp3) is 0.529. The number of likely N-dealkylation sites (tertiary alicyclic amines) is 1. The molecule has 2 aliphatic rings. The minimum Gasteiger partial charge on any atom is -0.505 e. The normalized spacial score (nSPS) is 21.0. The summed E-state index contributed by atoms with van der Waals surface area (Å²) in [4.78, 5) is 28.9. The van der Waals surface area contributed by atoms with Crippen LogP contribution in [0.3, 0.4) is 0 Å². The summed E-state index contributed by atoms with van der Waals surface area (Å²) in [5, 5.41) is 10.2. The molecule has 0 spiro atoms. The maximum absolute atomic E-state index is 12.9. The van der Waals surface area contributed by atoms with Gasteiger partial charge in [-0.25, -0.2) is 0 Å². The summed E-state index contributed by atoms with van der Waals surface area (Å²) < 4.78 is 5.28. The summed E-state index contributed by atoms with van der Waals surface area (Å²) in [6.45, 7) is 2.96. The first-order chi connectivity index (χ1) is 12.4. The molecule has 2 fully saturated rings. The van der Waals surface area contributed by atoms with Crippen LogP contribution < -0.4 is 0 Å². The quantitative estimate of drug-likeness (QED) is 0.745. The lowest BCUT2D eigenvalue weighted by atomic mass is 9.95. The third kappa shape index (κ3) is 3.88. The molecule has 3 rings (SSSR count). The van der Waals surface area contributed by atoms with Crippen LogP contribution in [0.2, 0.25) is 15.1 Å². The van der Waals surface area contributed by atoms with Crippen molar-refractivity contribution in [3.8, 4) is 5.75 Å². The van der Waals surface area contributed by atoms with E-state index in [-0.39, 0.29) is 39.0 Å². The molecular formula is C17H19Cl3N2O4. The molecule has 9 heteroatoms. The van der Waals surface area contributed by atoms with Crippen LogP contribution in [0, 0.1) is 5.92 Å². The topological polar surface area (TPSA) is 70.1 Å². The number of ether oxygens (including phenoxy) is 1. The van der Waals surface area contributed by atoms with Crippen LogP contribution in [0.25, 0.3) is 0 Å². The van der Waals surface area contributed by atoms with E-state index < -0.39 is 11.7 Å². The molecule has 1 N–H and O–H groups in total. The number of amides is 2. The summed E-state index contributed by atoms with van der Waals surface area (Å²) in [5.41, 5.74) is -0.122. The predicted octanol–water partition coefficient (Wildman–Crippen LogP) is 3.06. The van der Waals surface area contributed by atoms with Crippen molar-refractivity contribution >= 4 is 46.6 Å². The van der Waals surface area contributed by atoms with Crippen LogP contribution >= 0.6 is 34.8 Å². The molecule has 1 unspecified atom stereocenters. The number of halogens is 3. The van der Waals surface area contributed by atoms with Crippen molar-refractivity contribution in [3.63, 3.8) is 0 Å². The maximum Gasteiger partial charge on any atom is 0.259 e. The number of rotatable bonds is 2. The Morgan fingerprint density at radius 1 is 1.08 bits per heavy atom. The van der Waals surface area contributed by atoms with Gasteiger partial charge in [0.15, 0.2) is 0 Å². The van der Waals surface area contributed by atoms with E-state index in [0.29, 0.717) is 39.3 Å². The van der Waals surface area contributed by atoms with Crippen LogP contribution in [-0.4, -0.2) is 66.1 Å². The number of carbonyl (C=O) groups excluding carboxylic acids is 2. The van der Waals surface area contributed by atoms with Crippen LogP contribution in [0.5, 0.6) is 5.75 Å². The third-order valence-electron chi connectivity index (χ3n) is 4.74. The standard InChI is InChI=1S/C17H19Cl3N2O4/c18-11-8-12(19)15(23)13(14(11)20)17(25)22-3-1-2-10(9-22)16(24)21-4-6-26-7-5-21/h8,10,23H,1-7,9H2. The average Bonchev–Trinajstić information content (AvgIpc) is 2.66. The molecule has 0 bridgehead atoms. The zero-order valence-corrected chi connectivity index (χ0v) is 16.3. The molecule has 2 saturated heterocycles. The van der Waals surface area contributed by atoms with Crippen LogP contribution in [-0.2, 0) is 9.53 Å². The number of hydrogen-bond acceptors (Lipinski definition) is 4. The molecular weight excluding hydrogens is 403 g/mol. The molecule has 0 saturated carbocycles. The number of piperidine rings is 1. The van der Waals surface area contributed by atoms with Crippen molar-refractivity contribution in [3.05, 3.63) is 26.7 Å². The van der Waals surface area contributed by atoms with Gasteiger partial charge in [-0.15, -0.1) is 0 Å². The van der Waals surface area contributed by atoms with E-state index in [4.69, 9.17) is 39.5 Å². The second-order valence-corrected chi connectivity index (χ2v) is 7.60. The predicted molar refractivity (Wildman–Crippen MR) is 99.2 cm³/mol. The lowest BCUT2D eigenvalue weighted by Gasteiger charge is -2.36. The number of phenols is 1. The molecule has 2 amide bonds. The van der Waals surface area contributed by atoms with Crippen LogP contribution in [0.15, 0.2) is 6.07 Å². The zero-order chi connectivity index (χ0) is 18.8. The van der Waals surface area contributed by atoms with Crippen molar-refractivity contribution in [2.45, 2.75) is 12.8 Å². The summed E-state index contributed by atoms with van der Waals surface area (Å²) in [5.74, 6) is -1.12. The highest BCUT2D eigenvalue weighted by atomic mass is 35.5. The van der Waals surface area contributed by atoms with Gasteiger partial charge in [0.2, 0.25) is 5.91 Å². The second kappa shape index (κ2) is 8.21. The van der Waals surface area contributed by atoms with Gasteiger partial charge in [0.1, 0.15) is 11.3 Å². The van der Waals surface area contributed by atoms with Crippen LogP contribution in [0.4, 0.5) is 0 Å². The first kappa shape index (κ1) is 19.5. The average molecular weight is 422 g/mol. The Hall–Kier alpha value is -1.21. The molecule has 142 valence electrons. The largest absolute Gasteiger partial charge is 0.505 e. The number of hydrogen-bond donors (Lipinski definition) is 1. The van der Waals surface area contributed by atoms with Gasteiger partial charge >= 0.3 is 0 Å². The van der Waals surface area contributed by atoms with Gasteiger partial charge < -0.3 is 19.6 Å². The van der Waals surface area contributed by atoms with E-state index in [1.807, 2.05) is 0 Å². The van der Waals surface area contributed by atoms with Gasteiger partial charge in [-0.2, -0.15) is 0 Å². The lowest BCUT2D eigenvalue weighted by Crippen LogP contribution is -2.49. The van der Waals surface area contributed by atoms with Crippen molar-refractivity contribution < 1.29 is 19.4 Å². The number of carbonyl (C=O) groups is 2. The van der Waals surface area contributed by atoms with Gasteiger partial charge in [-0.1, -0.05) is 34.8 Å². The Labute approximate surface area is 166 Å². The first-order valence-electron chi connectivity index (χ1n) is 8.42. The fourth-order valence-electron chi connectivity index (χ4n) is 3.34. The van der Waals surface area contributed by atoms with Crippen molar-refractivity contribution in [1.82, 2.24) is 9.80 Å². The monoisotopic (exact) mass is 420 g/mol. The zero-order valence-electron chi connectivity index (χ0n) is 14.0. The van der Waals surface area contributed by atoms with Gasteiger partial charge in [0.25, 0.3) is 5.91 Å². The highest BCUT2D eigenvalue weighted by Crippen LogP contribution is 2.39.